The molecule has 1 aromatic heterocycles. The number of piperidine rings is 1. The van der Waals surface area contributed by atoms with Gasteiger partial charge in [0.2, 0.25) is 0 Å². The molecule has 6 rings (SSSR count). The van der Waals surface area contributed by atoms with Crippen LogP contribution in [0.25, 0.3) is 11.0 Å². The zero-order chi connectivity index (χ0) is 26.1. The van der Waals surface area contributed by atoms with Crippen molar-refractivity contribution in [3.63, 3.8) is 0 Å². The fourth-order valence-corrected chi connectivity index (χ4v) is 5.82. The number of H-pyrrole nitrogens is 1. The predicted octanol–water partition coefficient (Wildman–Crippen LogP) is 4.29. The van der Waals surface area contributed by atoms with Crippen molar-refractivity contribution in [1.82, 2.24) is 14.5 Å². The average Bonchev–Trinajstić information content (AvgIpc) is 3.29. The minimum Gasteiger partial charge on any atom is -0.399 e. The molecule has 0 amide bonds. The van der Waals surface area contributed by atoms with Crippen LogP contribution in [0, 0.1) is 0 Å². The molecule has 3 atom stereocenters. The number of aromatic amines is 1. The van der Waals surface area contributed by atoms with Crippen LogP contribution < -0.4 is 11.4 Å². The first-order chi connectivity index (χ1) is 18.6. The molecule has 8 heteroatoms. The highest BCUT2D eigenvalue weighted by Crippen LogP contribution is 2.39. The summed E-state index contributed by atoms with van der Waals surface area (Å²) in [5.74, 6) is 0. The van der Waals surface area contributed by atoms with Crippen molar-refractivity contribution in [3.8, 4) is 0 Å². The summed E-state index contributed by atoms with van der Waals surface area (Å²) in [6, 6.07) is 23.7. The molecule has 2 aliphatic rings. The Morgan fingerprint density at radius 3 is 2.50 bits per heavy atom. The first-order valence-electron chi connectivity index (χ1n) is 13.3. The van der Waals surface area contributed by atoms with E-state index in [2.05, 4.69) is 9.88 Å². The number of para-hydroxylation sites is 2. The average molecular weight is 515 g/mol. The molecule has 2 saturated heterocycles. The van der Waals surface area contributed by atoms with Crippen LogP contribution in [-0.2, 0) is 16.1 Å². The van der Waals surface area contributed by atoms with E-state index >= 15 is 0 Å². The maximum absolute atomic E-state index is 12.7. The Kier molecular flexibility index (Phi) is 7.04. The van der Waals surface area contributed by atoms with Gasteiger partial charge in [0.1, 0.15) is 0 Å². The summed E-state index contributed by atoms with van der Waals surface area (Å²) in [6.45, 7) is 2.61. The van der Waals surface area contributed by atoms with Crippen LogP contribution in [0.4, 0.5) is 5.69 Å². The molecular weight excluding hydrogens is 480 g/mol. The number of fused-ring (bicyclic) bond motifs is 1. The number of ether oxygens (including phenoxy) is 2. The molecule has 198 valence electrons. The van der Waals surface area contributed by atoms with Gasteiger partial charge in [0, 0.05) is 43.3 Å². The van der Waals surface area contributed by atoms with Crippen LogP contribution >= 0.6 is 0 Å². The zero-order valence-electron chi connectivity index (χ0n) is 21.3. The molecule has 4 aromatic rings. The number of anilines is 1. The Balaban J connectivity index is 1.16. The number of nitrogens with two attached hydrogens (primary N) is 1. The lowest BCUT2D eigenvalue weighted by Gasteiger charge is -2.40. The van der Waals surface area contributed by atoms with Crippen molar-refractivity contribution < 1.29 is 14.6 Å². The number of rotatable bonds is 6. The molecule has 3 heterocycles. The van der Waals surface area contributed by atoms with Gasteiger partial charge in [0.25, 0.3) is 0 Å². The standard InChI is InChI=1S/C30H34N4O4/c31-23-5-3-4-22(16-23)29-37-25(17-28(38-29)21-10-8-20(19-35)9-11-21)18-33-14-12-24(13-15-33)34-27-7-2-1-6-26(27)32-30(34)36/h1-11,16,24-25,28-29,35H,12-15,17-19,31H2,(H,32,36)/t25-,28+,29+/m0/s1. The number of aromatic nitrogens is 2. The highest BCUT2D eigenvalue weighted by atomic mass is 16.7. The molecule has 0 unspecified atom stereocenters. The van der Waals surface area contributed by atoms with Crippen LogP contribution in [0.15, 0.2) is 77.6 Å². The number of nitrogens with one attached hydrogen (secondary N) is 1. The third-order valence-electron chi connectivity index (χ3n) is 7.81. The van der Waals surface area contributed by atoms with E-state index in [0.717, 1.165) is 66.6 Å². The van der Waals surface area contributed by atoms with Gasteiger partial charge in [-0.25, -0.2) is 4.79 Å². The van der Waals surface area contributed by atoms with Crippen molar-refractivity contribution in [2.24, 2.45) is 0 Å². The molecule has 0 bridgehead atoms. The number of likely N-dealkylation sites (tertiary alicyclic amines) is 1. The van der Waals surface area contributed by atoms with Crippen LogP contribution in [0.1, 0.15) is 54.4 Å². The van der Waals surface area contributed by atoms with Gasteiger partial charge < -0.3 is 30.2 Å². The summed E-state index contributed by atoms with van der Waals surface area (Å²) < 4.78 is 14.8. The maximum Gasteiger partial charge on any atom is 0.326 e. The summed E-state index contributed by atoms with van der Waals surface area (Å²) in [7, 11) is 0. The van der Waals surface area contributed by atoms with Gasteiger partial charge >= 0.3 is 5.69 Å². The van der Waals surface area contributed by atoms with E-state index in [0.29, 0.717) is 5.69 Å². The number of nitrogen functional groups attached to an aromatic ring is 1. The zero-order valence-corrected chi connectivity index (χ0v) is 21.3. The molecule has 0 aliphatic carbocycles. The minimum atomic E-state index is -0.512. The number of benzene rings is 3. The molecule has 4 N–H and O–H groups in total. The topological polar surface area (TPSA) is 106 Å². The molecule has 0 radical (unpaired) electrons. The van der Waals surface area contributed by atoms with E-state index < -0.39 is 6.29 Å². The van der Waals surface area contributed by atoms with Gasteiger partial charge in [-0.05, 0) is 48.2 Å². The van der Waals surface area contributed by atoms with Crippen molar-refractivity contribution >= 4 is 16.7 Å². The first kappa shape index (κ1) is 24.9. The fourth-order valence-electron chi connectivity index (χ4n) is 5.82. The quantitative estimate of drug-likeness (QED) is 0.332. The van der Waals surface area contributed by atoms with Crippen molar-refractivity contribution in [1.29, 1.82) is 0 Å². The maximum atomic E-state index is 12.7. The Morgan fingerprint density at radius 1 is 0.947 bits per heavy atom. The summed E-state index contributed by atoms with van der Waals surface area (Å²) >= 11 is 0. The van der Waals surface area contributed by atoms with E-state index in [1.54, 1.807) is 0 Å². The smallest absolute Gasteiger partial charge is 0.326 e. The Hall–Kier alpha value is -3.43. The first-order valence-corrected chi connectivity index (χ1v) is 13.3. The molecule has 8 nitrogen and oxygen atoms in total. The number of nitrogens with zero attached hydrogens (tertiary/aromatic N) is 2. The van der Waals surface area contributed by atoms with Gasteiger partial charge in [-0.1, -0.05) is 48.5 Å². The third-order valence-corrected chi connectivity index (χ3v) is 7.81. The second-order valence-corrected chi connectivity index (χ2v) is 10.4. The molecule has 0 spiro atoms. The summed E-state index contributed by atoms with van der Waals surface area (Å²) in [5.41, 5.74) is 11.4. The van der Waals surface area contributed by atoms with Crippen LogP contribution in [0.5, 0.6) is 0 Å². The number of hydrogen-bond donors (Lipinski definition) is 3. The lowest BCUT2D eigenvalue weighted by atomic mass is 9.98. The van der Waals surface area contributed by atoms with Crippen molar-refractivity contribution in [2.45, 2.75) is 50.4 Å². The monoisotopic (exact) mass is 514 g/mol. The molecule has 38 heavy (non-hydrogen) atoms. The summed E-state index contributed by atoms with van der Waals surface area (Å²) in [5, 5.41) is 9.44. The highest BCUT2D eigenvalue weighted by molar-refractivity contribution is 5.75. The minimum absolute atomic E-state index is 0.0179. The lowest BCUT2D eigenvalue weighted by Crippen LogP contribution is -2.43. The van der Waals surface area contributed by atoms with E-state index in [-0.39, 0.29) is 30.5 Å². The largest absolute Gasteiger partial charge is 0.399 e. The number of hydrogen-bond acceptors (Lipinski definition) is 6. The Bertz CT molecular complexity index is 1440. The molecule has 3 aromatic carbocycles. The SMILES string of the molecule is Nc1cccc([C@@H]2O[C@H](CN3CCC(n4c(=O)[nH]c5ccccc54)CC3)C[C@H](c3ccc(CO)cc3)O2)c1. The van der Waals surface area contributed by atoms with Crippen LogP contribution in [0.2, 0.25) is 0 Å². The van der Waals surface area contributed by atoms with Gasteiger partial charge in [-0.3, -0.25) is 4.57 Å². The second-order valence-electron chi connectivity index (χ2n) is 10.4. The van der Waals surface area contributed by atoms with Crippen molar-refractivity contribution in [3.05, 3.63) is 100.0 Å². The fraction of sp³-hybridized carbons (Fsp3) is 0.367. The van der Waals surface area contributed by atoms with E-state index in [1.165, 1.54) is 0 Å². The molecule has 2 aliphatic heterocycles. The number of aliphatic hydroxyl groups excluding tert-OH is 1. The molecule has 2 fully saturated rings. The van der Waals surface area contributed by atoms with Gasteiger partial charge in [0.05, 0.1) is 29.8 Å². The van der Waals surface area contributed by atoms with Crippen molar-refractivity contribution in [2.75, 3.05) is 25.4 Å². The van der Waals surface area contributed by atoms with Gasteiger partial charge in [0.15, 0.2) is 6.29 Å². The lowest BCUT2D eigenvalue weighted by molar-refractivity contribution is -0.253. The van der Waals surface area contributed by atoms with Crippen LogP contribution in [-0.4, -0.2) is 45.3 Å². The normalized spacial score (nSPS) is 23.1. The predicted molar refractivity (Wildman–Crippen MR) is 147 cm³/mol. The van der Waals surface area contributed by atoms with Gasteiger partial charge in [-0.2, -0.15) is 0 Å². The summed E-state index contributed by atoms with van der Waals surface area (Å²) in [4.78, 5) is 18.1. The highest BCUT2D eigenvalue weighted by Gasteiger charge is 2.34. The second kappa shape index (κ2) is 10.7. The molecule has 0 saturated carbocycles. The number of imidazole rings is 1. The summed E-state index contributed by atoms with van der Waals surface area (Å²) in [6.07, 6.45) is 1.90. The number of aliphatic hydroxyl groups is 1. The van der Waals surface area contributed by atoms with Gasteiger partial charge in [-0.15, -0.1) is 0 Å². The molecular formula is C30H34N4O4. The van der Waals surface area contributed by atoms with E-state index in [4.69, 9.17) is 15.2 Å². The van der Waals surface area contributed by atoms with E-state index in [1.807, 2.05) is 77.4 Å². The Labute approximate surface area is 221 Å². The Morgan fingerprint density at radius 2 is 1.74 bits per heavy atom. The third kappa shape index (κ3) is 5.13. The van der Waals surface area contributed by atoms with E-state index in [9.17, 15) is 9.90 Å². The van der Waals surface area contributed by atoms with Crippen LogP contribution in [0.3, 0.4) is 0 Å².